The van der Waals surface area contributed by atoms with Crippen molar-refractivity contribution in [2.24, 2.45) is 0 Å². The Morgan fingerprint density at radius 3 is 2.39 bits per heavy atom. The highest BCUT2D eigenvalue weighted by molar-refractivity contribution is 5.84. The monoisotopic (exact) mass is 257 g/mol. The summed E-state index contributed by atoms with van der Waals surface area (Å²) in [5, 5.41) is 0. The van der Waals surface area contributed by atoms with E-state index >= 15 is 0 Å². The van der Waals surface area contributed by atoms with E-state index in [0.717, 1.165) is 13.1 Å². The van der Waals surface area contributed by atoms with E-state index in [4.69, 9.17) is 9.47 Å². The summed E-state index contributed by atoms with van der Waals surface area (Å²) in [7, 11) is 0. The molecule has 18 heavy (non-hydrogen) atoms. The third kappa shape index (κ3) is 5.60. The van der Waals surface area contributed by atoms with Gasteiger partial charge in [-0.05, 0) is 20.8 Å². The molecule has 0 bridgehead atoms. The van der Waals surface area contributed by atoms with Crippen LogP contribution in [0.4, 0.5) is 0 Å². The summed E-state index contributed by atoms with van der Waals surface area (Å²) in [5.41, 5.74) is 0. The molecule has 1 aliphatic rings. The van der Waals surface area contributed by atoms with Gasteiger partial charge in [0.25, 0.3) is 0 Å². The third-order valence-electron chi connectivity index (χ3n) is 2.81. The summed E-state index contributed by atoms with van der Waals surface area (Å²) >= 11 is 0. The molecule has 0 spiro atoms. The fourth-order valence-electron chi connectivity index (χ4n) is 2.22. The Hall–Kier alpha value is -0.940. The van der Waals surface area contributed by atoms with Crippen molar-refractivity contribution in [2.45, 2.75) is 45.8 Å². The Kier molecular flexibility index (Phi) is 6.29. The van der Waals surface area contributed by atoms with Gasteiger partial charge in [0.15, 0.2) is 0 Å². The Bertz CT molecular complexity index is 283. The number of ether oxygens (including phenoxy) is 2. The molecular weight excluding hydrogens is 234 g/mol. The van der Waals surface area contributed by atoms with E-state index in [2.05, 4.69) is 4.90 Å². The lowest BCUT2D eigenvalue weighted by molar-refractivity contribution is -0.144. The van der Waals surface area contributed by atoms with Crippen LogP contribution in [0.5, 0.6) is 0 Å². The standard InChI is InChI=1S/C13H23NO4/c1-4-17-13(16)6-5-12(15)9-14-7-10(2)18-11(3)8-14/h10-11H,4-9H2,1-3H3/t10-,11+. The van der Waals surface area contributed by atoms with Gasteiger partial charge in [0.1, 0.15) is 5.78 Å². The van der Waals surface area contributed by atoms with Crippen LogP contribution in [0.1, 0.15) is 33.6 Å². The van der Waals surface area contributed by atoms with Crippen LogP contribution in [0.15, 0.2) is 0 Å². The number of morpholine rings is 1. The topological polar surface area (TPSA) is 55.8 Å². The van der Waals surface area contributed by atoms with Crippen molar-refractivity contribution in [1.82, 2.24) is 4.90 Å². The summed E-state index contributed by atoms with van der Waals surface area (Å²) in [6.07, 6.45) is 0.763. The third-order valence-corrected chi connectivity index (χ3v) is 2.81. The van der Waals surface area contributed by atoms with Crippen LogP contribution in [0.3, 0.4) is 0 Å². The van der Waals surface area contributed by atoms with Crippen molar-refractivity contribution in [1.29, 1.82) is 0 Å². The highest BCUT2D eigenvalue weighted by atomic mass is 16.5. The number of rotatable bonds is 6. The second-order valence-electron chi connectivity index (χ2n) is 4.80. The zero-order valence-corrected chi connectivity index (χ0v) is 11.5. The molecule has 0 N–H and O–H groups in total. The lowest BCUT2D eigenvalue weighted by Crippen LogP contribution is -2.47. The Labute approximate surface area is 108 Å². The summed E-state index contributed by atoms with van der Waals surface area (Å²) in [6, 6.07) is 0. The molecule has 0 unspecified atom stereocenters. The molecular formula is C13H23NO4. The molecule has 1 heterocycles. The number of carbonyl (C=O) groups is 2. The molecule has 0 radical (unpaired) electrons. The van der Waals surface area contributed by atoms with Crippen LogP contribution in [-0.4, -0.2) is 55.1 Å². The zero-order chi connectivity index (χ0) is 13.5. The molecule has 0 amide bonds. The molecule has 0 aliphatic carbocycles. The zero-order valence-electron chi connectivity index (χ0n) is 11.5. The van der Waals surface area contributed by atoms with Gasteiger partial charge in [-0.1, -0.05) is 0 Å². The molecule has 2 atom stereocenters. The van der Waals surface area contributed by atoms with Crippen molar-refractivity contribution in [2.75, 3.05) is 26.2 Å². The quantitative estimate of drug-likeness (QED) is 0.665. The number of esters is 1. The lowest BCUT2D eigenvalue weighted by Gasteiger charge is -2.34. The summed E-state index contributed by atoms with van der Waals surface area (Å²) in [5.74, 6) is -0.209. The molecule has 0 aromatic heterocycles. The first kappa shape index (κ1) is 15.1. The second kappa shape index (κ2) is 7.48. The highest BCUT2D eigenvalue weighted by Gasteiger charge is 2.23. The first-order valence-electron chi connectivity index (χ1n) is 6.56. The molecule has 0 aromatic rings. The summed E-state index contributed by atoms with van der Waals surface area (Å²) in [6.45, 7) is 8.08. The Morgan fingerprint density at radius 1 is 1.22 bits per heavy atom. The van der Waals surface area contributed by atoms with Gasteiger partial charge in [0, 0.05) is 19.5 Å². The fourth-order valence-corrected chi connectivity index (χ4v) is 2.22. The minimum Gasteiger partial charge on any atom is -0.466 e. The average Bonchev–Trinajstić information content (AvgIpc) is 2.25. The van der Waals surface area contributed by atoms with Gasteiger partial charge in [0.05, 0.1) is 31.8 Å². The highest BCUT2D eigenvalue weighted by Crippen LogP contribution is 2.10. The van der Waals surface area contributed by atoms with Gasteiger partial charge in [-0.2, -0.15) is 0 Å². The maximum Gasteiger partial charge on any atom is 0.306 e. The Morgan fingerprint density at radius 2 is 1.83 bits per heavy atom. The van der Waals surface area contributed by atoms with Gasteiger partial charge in [0.2, 0.25) is 0 Å². The first-order valence-corrected chi connectivity index (χ1v) is 6.56. The number of Topliss-reactive ketones (excluding diaryl/α,β-unsaturated/α-hetero) is 1. The number of carbonyl (C=O) groups excluding carboxylic acids is 2. The fraction of sp³-hybridized carbons (Fsp3) is 0.846. The van der Waals surface area contributed by atoms with E-state index < -0.39 is 0 Å². The predicted molar refractivity (Wildman–Crippen MR) is 67.3 cm³/mol. The maximum atomic E-state index is 11.7. The van der Waals surface area contributed by atoms with Gasteiger partial charge < -0.3 is 9.47 Å². The van der Waals surface area contributed by atoms with E-state index in [1.54, 1.807) is 6.92 Å². The van der Waals surface area contributed by atoms with Crippen LogP contribution >= 0.6 is 0 Å². The minimum atomic E-state index is -0.297. The van der Waals surface area contributed by atoms with Crippen LogP contribution in [0, 0.1) is 0 Å². The molecule has 104 valence electrons. The van der Waals surface area contributed by atoms with Crippen LogP contribution in [-0.2, 0) is 19.1 Å². The largest absolute Gasteiger partial charge is 0.466 e. The average molecular weight is 257 g/mol. The van der Waals surface area contributed by atoms with Crippen molar-refractivity contribution >= 4 is 11.8 Å². The van der Waals surface area contributed by atoms with E-state index in [1.165, 1.54) is 0 Å². The SMILES string of the molecule is CCOC(=O)CCC(=O)CN1C[C@@H](C)O[C@@H](C)C1. The van der Waals surface area contributed by atoms with Crippen molar-refractivity contribution in [3.05, 3.63) is 0 Å². The molecule has 0 aromatic carbocycles. The molecule has 0 saturated carbocycles. The van der Waals surface area contributed by atoms with Crippen molar-refractivity contribution in [3.8, 4) is 0 Å². The molecule has 1 rings (SSSR count). The molecule has 1 aliphatic heterocycles. The van der Waals surface area contributed by atoms with Gasteiger partial charge >= 0.3 is 5.97 Å². The number of hydrogen-bond acceptors (Lipinski definition) is 5. The first-order chi connectivity index (χ1) is 8.51. The smallest absolute Gasteiger partial charge is 0.306 e. The predicted octanol–water partition coefficient (Wildman–Crippen LogP) is 1.01. The van der Waals surface area contributed by atoms with E-state index in [1.807, 2.05) is 13.8 Å². The molecule has 5 heteroatoms. The van der Waals surface area contributed by atoms with Gasteiger partial charge in [-0.3, -0.25) is 14.5 Å². The second-order valence-corrected chi connectivity index (χ2v) is 4.80. The van der Waals surface area contributed by atoms with Gasteiger partial charge in [-0.25, -0.2) is 0 Å². The van der Waals surface area contributed by atoms with Crippen molar-refractivity contribution < 1.29 is 19.1 Å². The van der Waals surface area contributed by atoms with Crippen LogP contribution in [0.2, 0.25) is 0 Å². The van der Waals surface area contributed by atoms with E-state index in [0.29, 0.717) is 13.2 Å². The van der Waals surface area contributed by atoms with Crippen LogP contribution in [0.25, 0.3) is 0 Å². The number of nitrogens with zero attached hydrogens (tertiary/aromatic N) is 1. The number of ketones is 1. The minimum absolute atomic E-state index is 0.0874. The normalized spacial score (nSPS) is 24.8. The molecule has 1 saturated heterocycles. The summed E-state index contributed by atoms with van der Waals surface area (Å²) < 4.78 is 10.4. The number of hydrogen-bond donors (Lipinski definition) is 0. The van der Waals surface area contributed by atoms with E-state index in [9.17, 15) is 9.59 Å². The molecule has 5 nitrogen and oxygen atoms in total. The summed E-state index contributed by atoms with van der Waals surface area (Å²) in [4.78, 5) is 25.0. The lowest BCUT2D eigenvalue weighted by atomic mass is 10.1. The Balaban J connectivity index is 2.25. The van der Waals surface area contributed by atoms with Crippen LogP contribution < -0.4 is 0 Å². The maximum absolute atomic E-state index is 11.7. The van der Waals surface area contributed by atoms with Gasteiger partial charge in [-0.15, -0.1) is 0 Å². The van der Waals surface area contributed by atoms with Crippen molar-refractivity contribution in [3.63, 3.8) is 0 Å². The molecule has 1 fully saturated rings. The van der Waals surface area contributed by atoms with E-state index in [-0.39, 0.29) is 36.8 Å².